The lowest BCUT2D eigenvalue weighted by Gasteiger charge is -2.29. The van der Waals surface area contributed by atoms with Crippen molar-refractivity contribution in [2.24, 2.45) is 5.73 Å². The lowest BCUT2D eigenvalue weighted by Crippen LogP contribution is -2.43. The average molecular weight is 434 g/mol. The molecule has 0 aliphatic heterocycles. The number of nitrogens with two attached hydrogens (primary N) is 1. The highest BCUT2D eigenvalue weighted by Gasteiger charge is 2.23. The molecule has 0 radical (unpaired) electrons. The van der Waals surface area contributed by atoms with Gasteiger partial charge in [-0.3, -0.25) is 4.79 Å². The fourth-order valence-electron chi connectivity index (χ4n) is 3.84. The van der Waals surface area contributed by atoms with Gasteiger partial charge in [0.15, 0.2) is 11.6 Å². The maximum atomic E-state index is 12.2. The van der Waals surface area contributed by atoms with Crippen LogP contribution in [-0.2, 0) is 0 Å². The third-order valence-corrected chi connectivity index (χ3v) is 5.57. The van der Waals surface area contributed by atoms with Gasteiger partial charge in [-0.15, -0.1) is 0 Å². The van der Waals surface area contributed by atoms with E-state index in [1.807, 2.05) is 18.2 Å². The van der Waals surface area contributed by atoms with E-state index in [0.29, 0.717) is 28.9 Å². The van der Waals surface area contributed by atoms with Gasteiger partial charge in [0, 0.05) is 36.4 Å². The number of hydrogen-bond donors (Lipinski definition) is 3. The zero-order chi connectivity index (χ0) is 22.5. The van der Waals surface area contributed by atoms with Crippen molar-refractivity contribution < 1.29 is 9.53 Å². The summed E-state index contributed by atoms with van der Waals surface area (Å²) in [7, 11) is 1.60. The van der Waals surface area contributed by atoms with E-state index in [9.17, 15) is 4.79 Å². The molecular formula is C23H27N7O2. The average Bonchev–Trinajstić information content (AvgIpc) is 2.81. The van der Waals surface area contributed by atoms with Crippen LogP contribution in [0.1, 0.15) is 43.0 Å². The second-order valence-corrected chi connectivity index (χ2v) is 7.82. The number of anilines is 3. The highest BCUT2D eigenvalue weighted by atomic mass is 16.5. The number of ketones is 1. The highest BCUT2D eigenvalue weighted by Crippen LogP contribution is 2.32. The number of nitrogens with one attached hydrogen (secondary N) is 2. The van der Waals surface area contributed by atoms with Crippen molar-refractivity contribution in [3.05, 3.63) is 48.4 Å². The third kappa shape index (κ3) is 4.83. The molecule has 0 amide bonds. The summed E-state index contributed by atoms with van der Waals surface area (Å²) in [6.07, 6.45) is 9.10. The van der Waals surface area contributed by atoms with Crippen molar-refractivity contribution in [1.82, 2.24) is 19.9 Å². The summed E-state index contributed by atoms with van der Waals surface area (Å²) in [5, 5.41) is 6.59. The summed E-state index contributed by atoms with van der Waals surface area (Å²) in [5.41, 5.74) is 8.10. The van der Waals surface area contributed by atoms with Crippen LogP contribution in [-0.4, -0.2) is 44.9 Å². The number of hydrogen-bond acceptors (Lipinski definition) is 9. The zero-order valence-electron chi connectivity index (χ0n) is 18.2. The first-order chi connectivity index (χ1) is 15.5. The van der Waals surface area contributed by atoms with E-state index in [1.54, 1.807) is 31.8 Å². The van der Waals surface area contributed by atoms with Gasteiger partial charge in [0.25, 0.3) is 0 Å². The van der Waals surface area contributed by atoms with Crippen molar-refractivity contribution in [2.75, 3.05) is 17.7 Å². The Morgan fingerprint density at radius 1 is 1.16 bits per heavy atom. The van der Waals surface area contributed by atoms with Gasteiger partial charge in [0.2, 0.25) is 5.95 Å². The molecule has 3 aromatic rings. The van der Waals surface area contributed by atoms with Crippen LogP contribution in [0.5, 0.6) is 5.75 Å². The number of Topliss-reactive ketones (excluding diaryl/α,β-unsaturated/α-hetero) is 1. The largest absolute Gasteiger partial charge is 0.496 e. The minimum Gasteiger partial charge on any atom is -0.496 e. The van der Waals surface area contributed by atoms with E-state index < -0.39 is 0 Å². The van der Waals surface area contributed by atoms with Crippen molar-refractivity contribution >= 4 is 23.2 Å². The van der Waals surface area contributed by atoms with E-state index in [-0.39, 0.29) is 17.9 Å². The van der Waals surface area contributed by atoms with E-state index in [2.05, 4.69) is 30.6 Å². The molecule has 0 spiro atoms. The summed E-state index contributed by atoms with van der Waals surface area (Å²) in [6, 6.07) is 7.47. The number of methoxy groups -OCH3 is 1. The van der Waals surface area contributed by atoms with Crippen LogP contribution in [0, 0.1) is 0 Å². The molecule has 1 aromatic carbocycles. The molecule has 1 aliphatic carbocycles. The Morgan fingerprint density at radius 2 is 1.94 bits per heavy atom. The SMILES string of the molecule is COc1ccc(Nc2nc(N[C@@H]3CCCC[C@@H]3N)ncc2C(C)=O)cc1-c1ncccn1. The summed E-state index contributed by atoms with van der Waals surface area (Å²) in [4.78, 5) is 29.8. The molecule has 0 saturated heterocycles. The molecule has 9 nitrogen and oxygen atoms in total. The third-order valence-electron chi connectivity index (χ3n) is 5.57. The fraction of sp³-hybridized carbons (Fsp3) is 0.348. The number of ether oxygens (including phenoxy) is 1. The predicted molar refractivity (Wildman–Crippen MR) is 123 cm³/mol. The van der Waals surface area contributed by atoms with E-state index in [0.717, 1.165) is 36.9 Å². The van der Waals surface area contributed by atoms with Gasteiger partial charge in [-0.25, -0.2) is 15.0 Å². The van der Waals surface area contributed by atoms with Gasteiger partial charge in [0.1, 0.15) is 11.6 Å². The van der Waals surface area contributed by atoms with Crippen LogP contribution in [0.2, 0.25) is 0 Å². The normalized spacial score (nSPS) is 18.1. The Morgan fingerprint density at radius 3 is 2.66 bits per heavy atom. The molecule has 2 heterocycles. The molecule has 9 heteroatoms. The fourth-order valence-corrected chi connectivity index (χ4v) is 3.84. The summed E-state index contributed by atoms with van der Waals surface area (Å²) in [6.45, 7) is 1.49. The molecule has 166 valence electrons. The topological polar surface area (TPSA) is 128 Å². The van der Waals surface area contributed by atoms with E-state index in [4.69, 9.17) is 10.5 Å². The monoisotopic (exact) mass is 433 g/mol. The Hall–Kier alpha value is -3.59. The lowest BCUT2D eigenvalue weighted by atomic mass is 9.91. The van der Waals surface area contributed by atoms with Crippen LogP contribution in [0.4, 0.5) is 17.5 Å². The second-order valence-electron chi connectivity index (χ2n) is 7.82. The van der Waals surface area contributed by atoms with Gasteiger partial charge in [0.05, 0.1) is 18.2 Å². The minimum absolute atomic E-state index is 0.0614. The molecule has 0 bridgehead atoms. The molecule has 1 aliphatic rings. The molecule has 1 fully saturated rings. The Bertz CT molecular complexity index is 1090. The first kappa shape index (κ1) is 21.6. The Labute approximate surface area is 186 Å². The molecule has 1 saturated carbocycles. The molecule has 0 unspecified atom stereocenters. The first-order valence-electron chi connectivity index (χ1n) is 10.7. The quantitative estimate of drug-likeness (QED) is 0.479. The number of benzene rings is 1. The second kappa shape index (κ2) is 9.69. The standard InChI is InChI=1S/C23H27N7O2/c1-14(31)17-13-27-23(29-19-7-4-3-6-18(19)24)30-22(17)28-15-8-9-20(32-2)16(12-15)21-25-10-5-11-26-21/h5,8-13,18-19H,3-4,6-7,24H2,1-2H3,(H2,27,28,29,30)/t18-,19+/m0/s1. The lowest BCUT2D eigenvalue weighted by molar-refractivity contribution is 0.101. The van der Waals surface area contributed by atoms with Crippen molar-refractivity contribution in [2.45, 2.75) is 44.7 Å². The first-order valence-corrected chi connectivity index (χ1v) is 10.7. The predicted octanol–water partition coefficient (Wildman–Crippen LogP) is 3.57. The van der Waals surface area contributed by atoms with Crippen LogP contribution >= 0.6 is 0 Å². The minimum atomic E-state index is -0.131. The smallest absolute Gasteiger partial charge is 0.224 e. The van der Waals surface area contributed by atoms with Crippen LogP contribution in [0.3, 0.4) is 0 Å². The maximum absolute atomic E-state index is 12.2. The number of rotatable bonds is 7. The van der Waals surface area contributed by atoms with Gasteiger partial charge in [-0.2, -0.15) is 4.98 Å². The highest BCUT2D eigenvalue weighted by molar-refractivity contribution is 5.99. The maximum Gasteiger partial charge on any atom is 0.224 e. The van der Waals surface area contributed by atoms with Gasteiger partial charge in [-0.05, 0) is 44.0 Å². The summed E-state index contributed by atoms with van der Waals surface area (Å²) in [5.74, 6) is 1.92. The van der Waals surface area contributed by atoms with Gasteiger partial charge < -0.3 is 21.1 Å². The molecule has 2 atom stereocenters. The van der Waals surface area contributed by atoms with Crippen molar-refractivity contribution in [3.8, 4) is 17.1 Å². The van der Waals surface area contributed by atoms with E-state index in [1.165, 1.54) is 6.92 Å². The number of aromatic nitrogens is 4. The van der Waals surface area contributed by atoms with Crippen molar-refractivity contribution in [3.63, 3.8) is 0 Å². The Kier molecular flexibility index (Phi) is 6.55. The number of carbonyl (C=O) groups excluding carboxylic acids is 1. The van der Waals surface area contributed by atoms with Gasteiger partial charge in [-0.1, -0.05) is 12.8 Å². The molecule has 32 heavy (non-hydrogen) atoms. The van der Waals surface area contributed by atoms with Crippen LogP contribution < -0.4 is 21.1 Å². The number of nitrogens with zero attached hydrogens (tertiary/aromatic N) is 4. The van der Waals surface area contributed by atoms with Crippen LogP contribution in [0.25, 0.3) is 11.4 Å². The molecule has 2 aromatic heterocycles. The molecule has 4 N–H and O–H groups in total. The van der Waals surface area contributed by atoms with E-state index >= 15 is 0 Å². The summed E-state index contributed by atoms with van der Waals surface area (Å²) < 4.78 is 5.47. The Balaban J connectivity index is 1.64. The molecule has 4 rings (SSSR count). The summed E-state index contributed by atoms with van der Waals surface area (Å²) >= 11 is 0. The zero-order valence-corrected chi connectivity index (χ0v) is 18.2. The van der Waals surface area contributed by atoms with Crippen LogP contribution in [0.15, 0.2) is 42.9 Å². The van der Waals surface area contributed by atoms with Gasteiger partial charge >= 0.3 is 0 Å². The molecular weight excluding hydrogens is 406 g/mol. The van der Waals surface area contributed by atoms with Crippen molar-refractivity contribution in [1.29, 1.82) is 0 Å². The number of carbonyl (C=O) groups is 1.